The molecule has 0 saturated carbocycles. The van der Waals surface area contributed by atoms with E-state index in [0.29, 0.717) is 11.3 Å². The lowest BCUT2D eigenvalue weighted by molar-refractivity contribution is -0.141. The van der Waals surface area contributed by atoms with Crippen LogP contribution in [0.5, 0.6) is 5.75 Å². The first-order chi connectivity index (χ1) is 11.3. The van der Waals surface area contributed by atoms with Crippen molar-refractivity contribution in [2.75, 3.05) is 14.2 Å². The van der Waals surface area contributed by atoms with Crippen LogP contribution in [0.25, 0.3) is 6.08 Å². The van der Waals surface area contributed by atoms with E-state index in [2.05, 4.69) is 16.4 Å². The van der Waals surface area contributed by atoms with Crippen molar-refractivity contribution >= 4 is 12.0 Å². The molecule has 0 aliphatic carbocycles. The maximum Gasteiger partial charge on any atom is 0.435 e. The molecule has 8 heteroatoms. The number of esters is 1. The highest BCUT2D eigenvalue weighted by atomic mass is 19.4. The molecule has 0 fully saturated rings. The van der Waals surface area contributed by atoms with Crippen LogP contribution in [0.4, 0.5) is 13.2 Å². The minimum atomic E-state index is -4.71. The number of alkyl halides is 3. The van der Waals surface area contributed by atoms with Crippen molar-refractivity contribution in [1.29, 1.82) is 0 Å². The van der Waals surface area contributed by atoms with Gasteiger partial charge in [-0.05, 0) is 17.7 Å². The number of ether oxygens (including phenoxy) is 2. The number of benzene rings is 1. The van der Waals surface area contributed by atoms with Crippen molar-refractivity contribution in [3.63, 3.8) is 0 Å². The molecule has 0 aliphatic heterocycles. The largest absolute Gasteiger partial charge is 0.497 e. The molecule has 0 saturated heterocycles. The summed E-state index contributed by atoms with van der Waals surface area (Å²) in [5.74, 6) is -0.309. The van der Waals surface area contributed by atoms with Crippen LogP contribution in [0, 0.1) is 0 Å². The van der Waals surface area contributed by atoms with Gasteiger partial charge in [-0.1, -0.05) is 24.8 Å². The quantitative estimate of drug-likeness (QED) is 0.783. The summed E-state index contributed by atoms with van der Waals surface area (Å²) in [5.41, 5.74) is -1.22. The van der Waals surface area contributed by atoms with Crippen molar-refractivity contribution < 1.29 is 27.4 Å². The second kappa shape index (κ2) is 6.77. The fourth-order valence-corrected chi connectivity index (χ4v) is 2.21. The summed E-state index contributed by atoms with van der Waals surface area (Å²) >= 11 is 0. The number of carbonyl (C=O) groups excluding carboxylic acids is 1. The Kier molecular flexibility index (Phi) is 4.96. The molecule has 1 aromatic heterocycles. The predicted octanol–water partition coefficient (Wildman–Crippen LogP) is 3.39. The molecule has 1 aromatic carbocycles. The third-order valence-corrected chi connectivity index (χ3v) is 3.33. The van der Waals surface area contributed by atoms with Gasteiger partial charge in [0.1, 0.15) is 5.75 Å². The molecule has 0 spiro atoms. The lowest BCUT2D eigenvalue weighted by atomic mass is 10.1. The molecule has 0 radical (unpaired) electrons. The van der Waals surface area contributed by atoms with Crippen LogP contribution in [-0.4, -0.2) is 30.0 Å². The predicted molar refractivity (Wildman–Crippen MR) is 80.8 cm³/mol. The van der Waals surface area contributed by atoms with Gasteiger partial charge in [-0.25, -0.2) is 4.79 Å². The van der Waals surface area contributed by atoms with Gasteiger partial charge in [0.05, 0.1) is 20.8 Å². The number of halogens is 3. The zero-order valence-corrected chi connectivity index (χ0v) is 13.1. The highest BCUT2D eigenvalue weighted by Crippen LogP contribution is 2.33. The molecule has 0 N–H and O–H groups in total. The zero-order valence-electron chi connectivity index (χ0n) is 13.1. The average molecular weight is 340 g/mol. The SMILES string of the molecule is C=Cc1c(C(F)(F)F)nn(Cc2ccc(OC)cc2)c1C(=O)OC. The highest BCUT2D eigenvalue weighted by molar-refractivity contribution is 5.92. The van der Waals surface area contributed by atoms with E-state index >= 15 is 0 Å². The van der Waals surface area contributed by atoms with Crippen LogP contribution in [0.2, 0.25) is 0 Å². The number of hydrogen-bond donors (Lipinski definition) is 0. The Morgan fingerprint density at radius 2 is 1.92 bits per heavy atom. The molecule has 0 aliphatic rings. The molecule has 5 nitrogen and oxygen atoms in total. The van der Waals surface area contributed by atoms with Crippen LogP contribution in [0.15, 0.2) is 30.8 Å². The lowest BCUT2D eigenvalue weighted by Gasteiger charge is -2.07. The van der Waals surface area contributed by atoms with Gasteiger partial charge in [-0.15, -0.1) is 0 Å². The molecule has 0 atom stereocenters. The van der Waals surface area contributed by atoms with Crippen LogP contribution in [-0.2, 0) is 17.5 Å². The van der Waals surface area contributed by atoms with E-state index in [-0.39, 0.29) is 12.2 Å². The monoisotopic (exact) mass is 340 g/mol. The Morgan fingerprint density at radius 3 is 2.38 bits per heavy atom. The molecule has 0 amide bonds. The van der Waals surface area contributed by atoms with Gasteiger partial charge in [0.15, 0.2) is 11.4 Å². The highest BCUT2D eigenvalue weighted by Gasteiger charge is 2.39. The second-order valence-corrected chi connectivity index (χ2v) is 4.81. The Balaban J connectivity index is 2.52. The summed E-state index contributed by atoms with van der Waals surface area (Å²) in [7, 11) is 2.59. The number of carbonyl (C=O) groups is 1. The molecule has 2 rings (SSSR count). The van der Waals surface area contributed by atoms with E-state index < -0.39 is 23.4 Å². The standard InChI is InChI=1S/C16H15F3N2O3/c1-4-12-13(15(22)24-3)21(20-14(12)16(17,18)19)9-10-5-7-11(23-2)8-6-10/h4-8H,1,9H2,2-3H3. The third kappa shape index (κ3) is 3.42. The molecule has 0 unspecified atom stereocenters. The topological polar surface area (TPSA) is 53.4 Å². The summed E-state index contributed by atoms with van der Waals surface area (Å²) in [6.45, 7) is 3.31. The van der Waals surface area contributed by atoms with Crippen molar-refractivity contribution in [3.05, 3.63) is 53.4 Å². The Hall–Kier alpha value is -2.77. The minimum absolute atomic E-state index is 0.0364. The van der Waals surface area contributed by atoms with Crippen molar-refractivity contribution in [1.82, 2.24) is 9.78 Å². The van der Waals surface area contributed by atoms with Crippen molar-refractivity contribution in [2.45, 2.75) is 12.7 Å². The fraction of sp³-hybridized carbons (Fsp3) is 0.250. The van der Waals surface area contributed by atoms with E-state index in [4.69, 9.17) is 4.74 Å². The number of nitrogens with zero attached hydrogens (tertiary/aromatic N) is 2. The second-order valence-electron chi connectivity index (χ2n) is 4.81. The molecule has 24 heavy (non-hydrogen) atoms. The first-order valence-corrected chi connectivity index (χ1v) is 6.83. The van der Waals surface area contributed by atoms with Crippen LogP contribution >= 0.6 is 0 Å². The summed E-state index contributed by atoms with van der Waals surface area (Å²) in [4.78, 5) is 11.9. The molecule has 1 heterocycles. The number of aromatic nitrogens is 2. The number of methoxy groups -OCH3 is 2. The average Bonchev–Trinajstić information content (AvgIpc) is 2.93. The maximum absolute atomic E-state index is 13.1. The van der Waals surface area contributed by atoms with E-state index in [1.165, 1.54) is 7.11 Å². The van der Waals surface area contributed by atoms with Gasteiger partial charge < -0.3 is 9.47 Å². The maximum atomic E-state index is 13.1. The van der Waals surface area contributed by atoms with Gasteiger partial charge in [-0.3, -0.25) is 4.68 Å². The van der Waals surface area contributed by atoms with Gasteiger partial charge in [0, 0.05) is 5.56 Å². The summed E-state index contributed by atoms with van der Waals surface area (Å²) in [6.07, 6.45) is -3.76. The van der Waals surface area contributed by atoms with E-state index in [1.54, 1.807) is 24.3 Å². The Morgan fingerprint density at radius 1 is 1.29 bits per heavy atom. The summed E-state index contributed by atoms with van der Waals surface area (Å²) in [5, 5.41) is 3.55. The van der Waals surface area contributed by atoms with E-state index in [9.17, 15) is 18.0 Å². The van der Waals surface area contributed by atoms with E-state index in [0.717, 1.165) is 17.9 Å². The molecular weight excluding hydrogens is 325 g/mol. The van der Waals surface area contributed by atoms with Crippen molar-refractivity contribution in [3.8, 4) is 5.75 Å². The zero-order chi connectivity index (χ0) is 17.9. The molecular formula is C16H15F3N2O3. The summed E-state index contributed by atoms with van der Waals surface area (Å²) in [6, 6.07) is 6.66. The van der Waals surface area contributed by atoms with E-state index in [1.807, 2.05) is 0 Å². The molecule has 2 aromatic rings. The smallest absolute Gasteiger partial charge is 0.435 e. The molecule has 128 valence electrons. The fourth-order valence-electron chi connectivity index (χ4n) is 2.21. The van der Waals surface area contributed by atoms with Crippen LogP contribution < -0.4 is 4.74 Å². The summed E-state index contributed by atoms with van der Waals surface area (Å²) < 4.78 is 50.0. The minimum Gasteiger partial charge on any atom is -0.497 e. The number of hydrogen-bond acceptors (Lipinski definition) is 4. The van der Waals surface area contributed by atoms with Gasteiger partial charge in [0.2, 0.25) is 0 Å². The van der Waals surface area contributed by atoms with Crippen LogP contribution in [0.3, 0.4) is 0 Å². The van der Waals surface area contributed by atoms with Gasteiger partial charge in [0.25, 0.3) is 0 Å². The van der Waals surface area contributed by atoms with Crippen molar-refractivity contribution in [2.24, 2.45) is 0 Å². The Labute approximate surface area is 136 Å². The van der Waals surface area contributed by atoms with Gasteiger partial charge in [-0.2, -0.15) is 18.3 Å². The molecule has 0 bridgehead atoms. The lowest BCUT2D eigenvalue weighted by Crippen LogP contribution is -2.13. The van der Waals surface area contributed by atoms with Gasteiger partial charge >= 0.3 is 12.1 Å². The first-order valence-electron chi connectivity index (χ1n) is 6.83. The third-order valence-electron chi connectivity index (χ3n) is 3.33. The first kappa shape index (κ1) is 17.6. The number of rotatable bonds is 5. The Bertz CT molecular complexity index is 749. The van der Waals surface area contributed by atoms with Crippen LogP contribution in [0.1, 0.15) is 27.3 Å². The normalized spacial score (nSPS) is 11.2.